The zero-order chi connectivity index (χ0) is 30.9. The molecule has 1 saturated heterocycles. The van der Waals surface area contributed by atoms with Gasteiger partial charge in [0.15, 0.2) is 6.61 Å². The maximum Gasteiger partial charge on any atom is 0.416 e. The van der Waals surface area contributed by atoms with Crippen molar-refractivity contribution in [3.63, 3.8) is 0 Å². The Kier molecular flexibility index (Phi) is 12.1. The number of hydrogen-bond acceptors (Lipinski definition) is 6. The van der Waals surface area contributed by atoms with Crippen LogP contribution in [0.4, 0.5) is 23.4 Å². The number of anilines is 1. The number of alkyl halides is 3. The fourth-order valence-electron chi connectivity index (χ4n) is 5.19. The van der Waals surface area contributed by atoms with Crippen LogP contribution in [0.25, 0.3) is 5.70 Å². The Morgan fingerprint density at radius 1 is 1.14 bits per heavy atom. The fraction of sp³-hybridized carbons (Fsp3) is 0.500. The first kappa shape index (κ1) is 33.2. The van der Waals surface area contributed by atoms with Crippen LogP contribution in [0.15, 0.2) is 55.0 Å². The zero-order valence-electron chi connectivity index (χ0n) is 24.0. The van der Waals surface area contributed by atoms with Gasteiger partial charge in [0.05, 0.1) is 11.8 Å². The predicted octanol–water partition coefficient (Wildman–Crippen LogP) is 6.00. The second-order valence-electron chi connectivity index (χ2n) is 10.3. The molecule has 1 aromatic heterocycles. The average molecular weight is 611 g/mol. The van der Waals surface area contributed by atoms with E-state index in [0.29, 0.717) is 49.2 Å². The van der Waals surface area contributed by atoms with Crippen LogP contribution < -0.4 is 10.2 Å². The number of rotatable bonds is 12. The lowest BCUT2D eigenvalue weighted by Gasteiger charge is -2.37. The highest BCUT2D eigenvalue weighted by atomic mass is 32.2. The van der Waals surface area contributed by atoms with Crippen LogP contribution in [0.2, 0.25) is 0 Å². The zero-order valence-corrected chi connectivity index (χ0v) is 24.8. The predicted molar refractivity (Wildman–Crippen MR) is 158 cm³/mol. The van der Waals surface area contributed by atoms with E-state index in [0.717, 1.165) is 42.6 Å². The van der Waals surface area contributed by atoms with E-state index in [9.17, 15) is 27.2 Å². The van der Waals surface area contributed by atoms with Gasteiger partial charge in [0, 0.05) is 36.4 Å². The van der Waals surface area contributed by atoms with E-state index in [1.807, 2.05) is 18.8 Å². The topological polar surface area (TPSA) is 74.8 Å². The van der Waals surface area contributed by atoms with Crippen molar-refractivity contribution in [3.8, 4) is 0 Å². The number of thioether (sulfide) groups is 1. The molecule has 1 saturated carbocycles. The molecule has 2 fully saturated rings. The average Bonchev–Trinajstić information content (AvgIpc) is 2.97. The molecule has 1 aromatic rings. The normalized spacial score (nSPS) is 20.2. The van der Waals surface area contributed by atoms with E-state index in [4.69, 9.17) is 4.74 Å². The lowest BCUT2D eigenvalue weighted by molar-refractivity contribution is -0.125. The van der Waals surface area contributed by atoms with Crippen LogP contribution >= 0.6 is 11.8 Å². The number of ether oxygens (including phenoxy) is 1. The van der Waals surface area contributed by atoms with Crippen molar-refractivity contribution in [2.75, 3.05) is 30.1 Å². The summed E-state index contributed by atoms with van der Waals surface area (Å²) in [5.74, 6) is 1.67. The van der Waals surface area contributed by atoms with Crippen molar-refractivity contribution >= 4 is 35.6 Å². The highest BCUT2D eigenvalue weighted by Crippen LogP contribution is 2.34. The number of halogens is 4. The Labute approximate surface area is 248 Å². The lowest BCUT2D eigenvalue weighted by atomic mass is 9.89. The van der Waals surface area contributed by atoms with Crippen LogP contribution in [0.1, 0.15) is 51.0 Å². The van der Waals surface area contributed by atoms with Crippen molar-refractivity contribution in [2.45, 2.75) is 69.8 Å². The molecule has 2 aliphatic rings. The molecule has 42 heavy (non-hydrogen) atoms. The minimum Gasteiger partial charge on any atom is -0.484 e. The van der Waals surface area contributed by atoms with Crippen molar-refractivity contribution in [3.05, 3.63) is 66.4 Å². The molecule has 2 heterocycles. The Morgan fingerprint density at radius 2 is 1.81 bits per heavy atom. The number of aromatic nitrogens is 1. The van der Waals surface area contributed by atoms with Gasteiger partial charge in [-0.3, -0.25) is 9.59 Å². The maximum atomic E-state index is 14.3. The third kappa shape index (κ3) is 9.11. The number of amides is 2. The molecule has 0 atom stereocenters. The SMILES string of the molecule is C=C(/C=C\C(=C/C)C(F)(F)F)OCC(=O)NC1CCC(N(C=O)C(=C)c2cc(F)cnc2N(C)C2CCSCC2)CC1. The van der Waals surface area contributed by atoms with Crippen LogP contribution in [0, 0.1) is 5.82 Å². The first-order chi connectivity index (χ1) is 19.9. The van der Waals surface area contributed by atoms with Crippen LogP contribution in [-0.2, 0) is 14.3 Å². The monoisotopic (exact) mass is 610 g/mol. The number of carbonyl (C=O) groups is 2. The molecule has 1 aliphatic carbocycles. The van der Waals surface area contributed by atoms with Gasteiger partial charge in [0.2, 0.25) is 6.41 Å². The molecular formula is C30H38F4N4O3S. The van der Waals surface area contributed by atoms with Crippen LogP contribution in [0.3, 0.4) is 0 Å². The van der Waals surface area contributed by atoms with Gasteiger partial charge in [-0.25, -0.2) is 9.37 Å². The summed E-state index contributed by atoms with van der Waals surface area (Å²) in [6.45, 7) is 8.56. The molecule has 2 amide bonds. The van der Waals surface area contributed by atoms with Crippen molar-refractivity contribution in [2.24, 2.45) is 0 Å². The highest BCUT2D eigenvalue weighted by Gasteiger charge is 2.32. The third-order valence-corrected chi connectivity index (χ3v) is 8.62. The lowest BCUT2D eigenvalue weighted by Crippen LogP contribution is -2.44. The van der Waals surface area contributed by atoms with Gasteiger partial charge in [0.1, 0.15) is 17.4 Å². The summed E-state index contributed by atoms with van der Waals surface area (Å²) in [5.41, 5.74) is 0.00497. The van der Waals surface area contributed by atoms with E-state index in [1.54, 1.807) is 0 Å². The number of hydrogen-bond donors (Lipinski definition) is 1. The first-order valence-electron chi connectivity index (χ1n) is 13.9. The third-order valence-electron chi connectivity index (χ3n) is 7.57. The minimum absolute atomic E-state index is 0.0724. The summed E-state index contributed by atoms with van der Waals surface area (Å²) in [4.78, 5) is 32.6. The summed E-state index contributed by atoms with van der Waals surface area (Å²) in [5, 5.41) is 2.86. The van der Waals surface area contributed by atoms with Gasteiger partial charge in [-0.05, 0) is 75.2 Å². The highest BCUT2D eigenvalue weighted by molar-refractivity contribution is 7.99. The Hall–Kier alpha value is -3.28. The summed E-state index contributed by atoms with van der Waals surface area (Å²) >= 11 is 1.91. The van der Waals surface area contributed by atoms with E-state index >= 15 is 0 Å². The summed E-state index contributed by atoms with van der Waals surface area (Å²) in [7, 11) is 1.94. The molecule has 230 valence electrons. The number of nitrogens with one attached hydrogen (secondary N) is 1. The second-order valence-corrected chi connectivity index (χ2v) is 11.6. The Morgan fingerprint density at radius 3 is 2.40 bits per heavy atom. The fourth-order valence-corrected chi connectivity index (χ4v) is 6.27. The molecule has 0 aromatic carbocycles. The van der Waals surface area contributed by atoms with Gasteiger partial charge in [-0.1, -0.05) is 19.2 Å². The minimum atomic E-state index is -4.49. The van der Waals surface area contributed by atoms with Crippen molar-refractivity contribution in [1.82, 2.24) is 15.2 Å². The number of pyridine rings is 1. The van der Waals surface area contributed by atoms with E-state index < -0.39 is 23.5 Å². The molecule has 1 aliphatic heterocycles. The summed E-state index contributed by atoms with van der Waals surface area (Å²) in [6, 6.07) is 1.28. The van der Waals surface area contributed by atoms with Gasteiger partial charge < -0.3 is 19.9 Å². The molecular weight excluding hydrogens is 572 g/mol. The molecule has 1 N–H and O–H groups in total. The smallest absolute Gasteiger partial charge is 0.416 e. The van der Waals surface area contributed by atoms with Crippen molar-refractivity contribution < 1.29 is 31.9 Å². The van der Waals surface area contributed by atoms with Crippen LogP contribution in [0.5, 0.6) is 0 Å². The molecule has 0 bridgehead atoms. The van der Waals surface area contributed by atoms with E-state index in [-0.39, 0.29) is 30.5 Å². The molecule has 7 nitrogen and oxygen atoms in total. The van der Waals surface area contributed by atoms with Gasteiger partial charge in [-0.2, -0.15) is 24.9 Å². The summed E-state index contributed by atoms with van der Waals surface area (Å²) < 4.78 is 57.9. The Balaban J connectivity index is 1.54. The molecule has 12 heteroatoms. The molecule has 0 radical (unpaired) electrons. The maximum absolute atomic E-state index is 14.3. The quantitative estimate of drug-likeness (QED) is 0.135. The molecule has 3 rings (SSSR count). The van der Waals surface area contributed by atoms with Gasteiger partial charge >= 0.3 is 6.18 Å². The van der Waals surface area contributed by atoms with Crippen molar-refractivity contribution in [1.29, 1.82) is 0 Å². The largest absolute Gasteiger partial charge is 0.484 e. The number of allylic oxidation sites excluding steroid dienone is 4. The van der Waals surface area contributed by atoms with Gasteiger partial charge in [-0.15, -0.1) is 0 Å². The number of carbonyl (C=O) groups excluding carboxylic acids is 2. The summed E-state index contributed by atoms with van der Waals surface area (Å²) in [6.07, 6.45) is 4.53. The standard InChI is InChI=1S/C30H38F4N4O3S/c1-5-22(30(32,33)34)7-6-20(2)41-18-28(40)36-24-8-10-26(11-9-24)38(19-39)21(3)27-16-23(31)17-35-29(27)37(4)25-12-14-42-15-13-25/h5-7,16-17,19,24-26H,2-3,8-15,18H2,1,4H3,(H,36,40)/b7-6-,22-5+. The van der Waals surface area contributed by atoms with E-state index in [2.05, 4.69) is 28.4 Å². The van der Waals surface area contributed by atoms with Crippen LogP contribution in [-0.4, -0.2) is 71.7 Å². The first-order valence-corrected chi connectivity index (χ1v) is 15.0. The number of nitrogens with zero attached hydrogens (tertiary/aromatic N) is 3. The molecule has 0 unspecified atom stereocenters. The molecule has 0 spiro atoms. The Bertz CT molecular complexity index is 1190. The van der Waals surface area contributed by atoms with E-state index in [1.165, 1.54) is 24.1 Å². The second kappa shape index (κ2) is 15.3. The van der Waals surface area contributed by atoms with Gasteiger partial charge in [0.25, 0.3) is 5.91 Å².